The summed E-state index contributed by atoms with van der Waals surface area (Å²) < 4.78 is 34.7. The fourth-order valence-corrected chi connectivity index (χ4v) is 10.6. The zero-order chi connectivity index (χ0) is 33.7. The molecule has 3 amide bonds. The predicted molar refractivity (Wildman–Crippen MR) is 186 cm³/mol. The second-order valence-electron chi connectivity index (χ2n) is 13.0. The van der Waals surface area contributed by atoms with Crippen LogP contribution < -0.4 is 10.6 Å². The van der Waals surface area contributed by atoms with E-state index in [9.17, 15) is 22.8 Å². The number of amides is 3. The van der Waals surface area contributed by atoms with Crippen LogP contribution in [0.1, 0.15) is 101 Å². The third-order valence-corrected chi connectivity index (χ3v) is 13.0. The molecular weight excluding hydrogens is 649 g/mol. The Hall–Kier alpha value is -3.58. The number of alkyl carbamates (subject to hydrolysis) is 1. The summed E-state index contributed by atoms with van der Waals surface area (Å²) in [5.74, 6) is -1.11. The number of methoxy groups -OCH3 is 1. The van der Waals surface area contributed by atoms with E-state index in [4.69, 9.17) is 0 Å². The van der Waals surface area contributed by atoms with Crippen molar-refractivity contribution in [3.63, 3.8) is 0 Å². The number of hydrogen-bond acceptors (Lipinski definition) is 8. The van der Waals surface area contributed by atoms with Crippen LogP contribution >= 0.6 is 11.3 Å². The monoisotopic (exact) mass is 692 g/mol. The van der Waals surface area contributed by atoms with Crippen LogP contribution in [-0.4, -0.2) is 61.3 Å². The summed E-state index contributed by atoms with van der Waals surface area (Å²) in [5, 5.41) is 5.48. The number of anilines is 1. The summed E-state index contributed by atoms with van der Waals surface area (Å²) in [7, 11) is -2.58. The number of fused-ring (bicyclic) bond motifs is 1. The average Bonchev–Trinajstić information content (AvgIpc) is 3.46. The number of imide groups is 1. The molecule has 1 aromatic heterocycles. The molecule has 48 heavy (non-hydrogen) atoms. The van der Waals surface area contributed by atoms with Crippen molar-refractivity contribution in [2.45, 2.75) is 101 Å². The lowest BCUT2D eigenvalue weighted by Crippen LogP contribution is -2.48. The van der Waals surface area contributed by atoms with Gasteiger partial charge in [-0.2, -0.15) is 4.31 Å². The van der Waals surface area contributed by atoms with Crippen LogP contribution in [-0.2, 0) is 34.3 Å². The molecule has 2 saturated carbocycles. The van der Waals surface area contributed by atoms with E-state index in [0.717, 1.165) is 81.2 Å². The highest BCUT2D eigenvalue weighted by Crippen LogP contribution is 2.38. The SMILES string of the molecule is COC(=O)NC(=O)c1c(NC(=O)c2ccc(S(=O)(=O)N(C3CCCCC3)C3CCCCC3)cc2)sc2c1CCN(Cc1ccccc1)C2. The number of sulfonamides is 1. The van der Waals surface area contributed by atoms with Crippen LogP contribution in [0, 0.1) is 0 Å². The minimum absolute atomic E-state index is 0.0119. The highest BCUT2D eigenvalue weighted by Gasteiger charge is 2.38. The number of carbonyl (C=O) groups excluding carboxylic acids is 3. The Labute approximate surface area is 286 Å². The van der Waals surface area contributed by atoms with Crippen molar-refractivity contribution in [2.75, 3.05) is 19.0 Å². The molecule has 0 atom stereocenters. The Morgan fingerprint density at radius 2 is 1.50 bits per heavy atom. The van der Waals surface area contributed by atoms with Crippen molar-refractivity contribution in [3.05, 3.63) is 81.7 Å². The van der Waals surface area contributed by atoms with Crippen molar-refractivity contribution < 1.29 is 27.5 Å². The molecule has 10 nitrogen and oxygen atoms in total. The van der Waals surface area contributed by atoms with E-state index in [2.05, 4.69) is 32.4 Å². The fraction of sp³-hybridized carbons (Fsp3) is 0.472. The second-order valence-corrected chi connectivity index (χ2v) is 15.9. The van der Waals surface area contributed by atoms with E-state index in [-0.39, 0.29) is 28.1 Å². The van der Waals surface area contributed by atoms with Crippen LogP contribution in [0.25, 0.3) is 0 Å². The van der Waals surface area contributed by atoms with E-state index in [1.807, 2.05) is 22.5 Å². The Kier molecular flexibility index (Phi) is 10.9. The van der Waals surface area contributed by atoms with Crippen LogP contribution in [0.3, 0.4) is 0 Å². The molecule has 0 saturated heterocycles. The first-order valence-electron chi connectivity index (χ1n) is 17.0. The van der Waals surface area contributed by atoms with Gasteiger partial charge in [-0.25, -0.2) is 13.2 Å². The van der Waals surface area contributed by atoms with Crippen molar-refractivity contribution in [1.82, 2.24) is 14.5 Å². The van der Waals surface area contributed by atoms with E-state index in [1.165, 1.54) is 48.3 Å². The molecule has 0 bridgehead atoms. The summed E-state index contributed by atoms with van der Waals surface area (Å²) in [6, 6.07) is 16.3. The van der Waals surface area contributed by atoms with Crippen molar-refractivity contribution >= 4 is 44.3 Å². The summed E-state index contributed by atoms with van der Waals surface area (Å²) >= 11 is 1.32. The number of benzene rings is 2. The fourth-order valence-electron chi connectivity index (χ4n) is 7.40. The number of ether oxygens (including phenoxy) is 1. The molecule has 3 aromatic rings. The minimum atomic E-state index is -3.76. The molecule has 2 aliphatic carbocycles. The van der Waals surface area contributed by atoms with E-state index in [1.54, 1.807) is 0 Å². The minimum Gasteiger partial charge on any atom is -0.453 e. The van der Waals surface area contributed by atoms with Gasteiger partial charge >= 0.3 is 6.09 Å². The van der Waals surface area contributed by atoms with Gasteiger partial charge < -0.3 is 10.1 Å². The predicted octanol–water partition coefficient (Wildman–Crippen LogP) is 6.71. The molecule has 0 spiro atoms. The molecule has 1 aliphatic heterocycles. The van der Waals surface area contributed by atoms with Gasteiger partial charge in [0.2, 0.25) is 10.0 Å². The van der Waals surface area contributed by atoms with Crippen molar-refractivity contribution in [3.8, 4) is 0 Å². The molecule has 6 rings (SSSR count). The highest BCUT2D eigenvalue weighted by atomic mass is 32.2. The van der Waals surface area contributed by atoms with Gasteiger partial charge in [-0.15, -0.1) is 11.3 Å². The first kappa shape index (κ1) is 34.3. The van der Waals surface area contributed by atoms with Gasteiger partial charge in [-0.3, -0.25) is 19.8 Å². The Balaban J connectivity index is 1.22. The lowest BCUT2D eigenvalue weighted by atomic mass is 9.91. The summed E-state index contributed by atoms with van der Waals surface area (Å²) in [6.07, 6.45) is 9.68. The number of rotatable bonds is 9. The smallest absolute Gasteiger partial charge is 0.413 e. The van der Waals surface area contributed by atoms with Crippen LogP contribution in [0.15, 0.2) is 59.5 Å². The lowest BCUT2D eigenvalue weighted by Gasteiger charge is -2.40. The Bertz CT molecular complexity index is 1690. The third-order valence-electron chi connectivity index (χ3n) is 9.80. The largest absolute Gasteiger partial charge is 0.453 e. The first-order valence-corrected chi connectivity index (χ1v) is 19.3. The maximum atomic E-state index is 14.1. The average molecular weight is 693 g/mol. The van der Waals surface area contributed by atoms with Crippen LogP contribution in [0.4, 0.5) is 9.80 Å². The molecule has 3 aliphatic rings. The lowest BCUT2D eigenvalue weighted by molar-refractivity contribution is 0.0936. The van der Waals surface area contributed by atoms with E-state index >= 15 is 0 Å². The standard InChI is InChI=1S/C36H44N4O6S2/c1-46-36(43)38-34(42)32-30-21-22-39(23-25-11-5-2-6-12-25)24-31(30)47-35(32)37-33(41)26-17-19-29(20-18-26)48(44,45)40(27-13-7-3-8-14-27)28-15-9-4-10-16-28/h2,5-6,11-12,17-20,27-28H,3-4,7-10,13-16,21-24H2,1H3,(H,37,41)(H,38,42,43). The van der Waals surface area contributed by atoms with Crippen LogP contribution in [0.5, 0.6) is 0 Å². The molecule has 2 heterocycles. The van der Waals surface area contributed by atoms with E-state index in [0.29, 0.717) is 24.5 Å². The Morgan fingerprint density at radius 3 is 2.10 bits per heavy atom. The van der Waals surface area contributed by atoms with Crippen molar-refractivity contribution in [1.29, 1.82) is 0 Å². The van der Waals surface area contributed by atoms with Gasteiger partial charge in [0.25, 0.3) is 11.8 Å². The molecule has 256 valence electrons. The second kappa shape index (κ2) is 15.3. The molecule has 0 radical (unpaired) electrons. The first-order chi connectivity index (χ1) is 23.2. The maximum Gasteiger partial charge on any atom is 0.413 e. The molecule has 0 unspecified atom stereocenters. The molecule has 2 N–H and O–H groups in total. The zero-order valence-corrected chi connectivity index (χ0v) is 29.0. The van der Waals surface area contributed by atoms with Gasteiger partial charge in [-0.05, 0) is 67.5 Å². The molecule has 12 heteroatoms. The number of thiophene rings is 1. The number of nitrogens with one attached hydrogen (secondary N) is 2. The third kappa shape index (κ3) is 7.67. The quantitative estimate of drug-likeness (QED) is 0.255. The highest BCUT2D eigenvalue weighted by molar-refractivity contribution is 7.89. The number of nitrogens with zero attached hydrogens (tertiary/aromatic N) is 2. The molecular formula is C36H44N4O6S2. The normalized spacial score (nSPS) is 17.9. The van der Waals surface area contributed by atoms with Gasteiger partial charge in [0.15, 0.2) is 0 Å². The zero-order valence-electron chi connectivity index (χ0n) is 27.4. The van der Waals surface area contributed by atoms with Gasteiger partial charge in [0, 0.05) is 42.2 Å². The summed E-state index contributed by atoms with van der Waals surface area (Å²) in [5.41, 5.74) is 2.50. The van der Waals surface area contributed by atoms with Crippen molar-refractivity contribution in [2.24, 2.45) is 0 Å². The maximum absolute atomic E-state index is 14.1. The summed E-state index contributed by atoms with van der Waals surface area (Å²) in [4.78, 5) is 42.2. The van der Waals surface area contributed by atoms with E-state index < -0.39 is 27.9 Å². The molecule has 2 fully saturated rings. The Morgan fingerprint density at radius 1 is 0.875 bits per heavy atom. The summed E-state index contributed by atoms with van der Waals surface area (Å²) in [6.45, 7) is 2.05. The van der Waals surface area contributed by atoms with Gasteiger partial charge in [-0.1, -0.05) is 68.9 Å². The number of hydrogen-bond donors (Lipinski definition) is 2. The van der Waals surface area contributed by atoms with Gasteiger partial charge in [0.1, 0.15) is 5.00 Å². The topological polar surface area (TPSA) is 125 Å². The van der Waals surface area contributed by atoms with Gasteiger partial charge in [0.05, 0.1) is 17.6 Å². The number of carbonyl (C=O) groups is 3. The molecule has 2 aromatic carbocycles. The van der Waals surface area contributed by atoms with Crippen LogP contribution in [0.2, 0.25) is 0 Å².